The van der Waals surface area contributed by atoms with Gasteiger partial charge >= 0.3 is 6.18 Å². The second-order valence-electron chi connectivity index (χ2n) is 10.3. The molecule has 1 N–H and O–H groups in total. The molecule has 212 valence electrons. The Labute approximate surface area is 242 Å². The molecular formula is C34H22F3N3O3. The number of aromatic nitrogens is 1. The van der Waals surface area contributed by atoms with Crippen molar-refractivity contribution in [2.24, 2.45) is 0 Å². The smallest absolute Gasteiger partial charge is 0.341 e. The van der Waals surface area contributed by atoms with E-state index in [2.05, 4.69) is 22.9 Å². The first-order valence-electron chi connectivity index (χ1n) is 13.6. The standard InChI is InChI=1S/C34H22F3N3O3/c1-2-39-28-12-4-3-9-22(28)27-18-20(13-16-29(27)39)38-31(41)24-14-15-26-30-23(24)10-6-11-25(30)32(42)40(33(26)43)21-8-5-7-19(17-21)34(35,36)37/h3-18H,2H2,1H3,(H,38,41). The Bertz CT molecular complexity index is 2140. The van der Waals surface area contributed by atoms with Crippen molar-refractivity contribution < 1.29 is 27.6 Å². The fraction of sp³-hybridized carbons (Fsp3) is 0.0882. The minimum absolute atomic E-state index is 0.118. The second kappa shape index (κ2) is 9.55. The van der Waals surface area contributed by atoms with E-state index in [9.17, 15) is 27.6 Å². The van der Waals surface area contributed by atoms with Crippen LogP contribution in [0.3, 0.4) is 0 Å². The van der Waals surface area contributed by atoms with Crippen LogP contribution in [-0.2, 0) is 12.7 Å². The molecule has 6 aromatic rings. The molecule has 1 aliphatic rings. The Hall–Kier alpha value is -5.44. The Morgan fingerprint density at radius 2 is 1.44 bits per heavy atom. The molecule has 0 bridgehead atoms. The van der Waals surface area contributed by atoms with Gasteiger partial charge in [0, 0.05) is 56.1 Å². The molecule has 7 rings (SSSR count). The van der Waals surface area contributed by atoms with E-state index in [1.165, 1.54) is 24.3 Å². The van der Waals surface area contributed by atoms with Crippen LogP contribution in [0.1, 0.15) is 43.6 Å². The summed E-state index contributed by atoms with van der Waals surface area (Å²) in [6.45, 7) is 2.87. The van der Waals surface area contributed by atoms with Gasteiger partial charge in [0.1, 0.15) is 0 Å². The van der Waals surface area contributed by atoms with Crippen LogP contribution in [0, 0.1) is 0 Å². The minimum Gasteiger partial charge on any atom is -0.341 e. The van der Waals surface area contributed by atoms with E-state index in [0.717, 1.165) is 51.4 Å². The molecule has 2 heterocycles. The van der Waals surface area contributed by atoms with Crippen LogP contribution in [0.5, 0.6) is 0 Å². The number of fused-ring (bicyclic) bond motifs is 3. The van der Waals surface area contributed by atoms with Crippen LogP contribution in [0.2, 0.25) is 0 Å². The van der Waals surface area contributed by atoms with Gasteiger partial charge in [-0.05, 0) is 73.0 Å². The molecule has 6 nitrogen and oxygen atoms in total. The molecular weight excluding hydrogens is 555 g/mol. The number of rotatable bonds is 4. The fourth-order valence-corrected chi connectivity index (χ4v) is 6.02. The van der Waals surface area contributed by atoms with Crippen molar-refractivity contribution in [3.63, 3.8) is 0 Å². The first kappa shape index (κ1) is 26.5. The third-order valence-corrected chi connectivity index (χ3v) is 7.93. The predicted octanol–water partition coefficient (Wildman–Crippen LogP) is 8.04. The lowest BCUT2D eigenvalue weighted by atomic mass is 9.90. The highest BCUT2D eigenvalue weighted by molar-refractivity contribution is 6.37. The summed E-state index contributed by atoms with van der Waals surface area (Å²) in [5, 5.41) is 5.70. The van der Waals surface area contributed by atoms with E-state index in [1.54, 1.807) is 12.1 Å². The lowest BCUT2D eigenvalue weighted by Gasteiger charge is -2.28. The van der Waals surface area contributed by atoms with E-state index in [-0.39, 0.29) is 27.8 Å². The molecule has 0 unspecified atom stereocenters. The van der Waals surface area contributed by atoms with Gasteiger partial charge in [0.15, 0.2) is 0 Å². The Morgan fingerprint density at radius 1 is 0.744 bits per heavy atom. The summed E-state index contributed by atoms with van der Waals surface area (Å²) in [6, 6.07) is 25.5. The van der Waals surface area contributed by atoms with Crippen LogP contribution in [0.15, 0.2) is 97.1 Å². The molecule has 0 fully saturated rings. The molecule has 3 amide bonds. The van der Waals surface area contributed by atoms with E-state index in [0.29, 0.717) is 11.1 Å². The highest BCUT2D eigenvalue weighted by Gasteiger charge is 2.37. The lowest BCUT2D eigenvalue weighted by molar-refractivity contribution is -0.137. The van der Waals surface area contributed by atoms with Crippen molar-refractivity contribution in [1.82, 2.24) is 4.57 Å². The molecule has 1 aliphatic heterocycles. The summed E-state index contributed by atoms with van der Waals surface area (Å²) in [6.07, 6.45) is -4.64. The van der Waals surface area contributed by atoms with Crippen molar-refractivity contribution in [2.45, 2.75) is 19.6 Å². The number of carbonyl (C=O) groups is 3. The largest absolute Gasteiger partial charge is 0.416 e. The minimum atomic E-state index is -4.64. The number of nitrogens with one attached hydrogen (secondary N) is 1. The first-order valence-corrected chi connectivity index (χ1v) is 13.6. The van der Waals surface area contributed by atoms with E-state index < -0.39 is 29.5 Å². The third kappa shape index (κ3) is 4.07. The number of nitrogens with zero attached hydrogens (tertiary/aromatic N) is 2. The zero-order valence-electron chi connectivity index (χ0n) is 22.7. The monoisotopic (exact) mass is 577 g/mol. The van der Waals surface area contributed by atoms with Crippen LogP contribution < -0.4 is 10.2 Å². The number of halogens is 3. The summed E-state index contributed by atoms with van der Waals surface area (Å²) in [5.74, 6) is -1.96. The number of para-hydroxylation sites is 1. The zero-order chi connectivity index (χ0) is 30.0. The van der Waals surface area contributed by atoms with E-state index >= 15 is 0 Å². The number of amides is 3. The highest BCUT2D eigenvalue weighted by Crippen LogP contribution is 2.37. The molecule has 0 aliphatic carbocycles. The Morgan fingerprint density at radius 3 is 2.21 bits per heavy atom. The maximum Gasteiger partial charge on any atom is 0.416 e. The number of hydrogen-bond donors (Lipinski definition) is 1. The lowest BCUT2D eigenvalue weighted by Crippen LogP contribution is -2.40. The summed E-state index contributed by atoms with van der Waals surface area (Å²) in [5.41, 5.74) is 2.06. The van der Waals surface area contributed by atoms with Gasteiger partial charge < -0.3 is 9.88 Å². The number of benzene rings is 5. The number of aryl methyl sites for hydroxylation is 1. The maximum absolute atomic E-state index is 13.6. The van der Waals surface area contributed by atoms with Crippen molar-refractivity contribution >= 4 is 61.7 Å². The average Bonchev–Trinajstić information content (AvgIpc) is 3.32. The molecule has 43 heavy (non-hydrogen) atoms. The topological polar surface area (TPSA) is 71.4 Å². The molecule has 0 saturated carbocycles. The highest BCUT2D eigenvalue weighted by atomic mass is 19.4. The number of alkyl halides is 3. The predicted molar refractivity (Wildman–Crippen MR) is 160 cm³/mol. The van der Waals surface area contributed by atoms with Crippen molar-refractivity contribution in [3.8, 4) is 0 Å². The third-order valence-electron chi connectivity index (χ3n) is 7.93. The van der Waals surface area contributed by atoms with Gasteiger partial charge in [-0.25, -0.2) is 4.90 Å². The summed E-state index contributed by atoms with van der Waals surface area (Å²) in [7, 11) is 0. The van der Waals surface area contributed by atoms with Crippen LogP contribution in [0.25, 0.3) is 32.6 Å². The SMILES string of the molecule is CCn1c2ccccc2c2cc(NC(=O)c3ccc4c5c(cccc35)C(=O)N(c3cccc(C(F)(F)F)c3)C4=O)ccc21. The van der Waals surface area contributed by atoms with Crippen LogP contribution in [-0.4, -0.2) is 22.3 Å². The molecule has 0 atom stereocenters. The number of hydrogen-bond acceptors (Lipinski definition) is 3. The molecule has 0 radical (unpaired) electrons. The van der Waals surface area contributed by atoms with Gasteiger partial charge in [0.25, 0.3) is 17.7 Å². The van der Waals surface area contributed by atoms with E-state index in [1.807, 2.05) is 36.4 Å². The van der Waals surface area contributed by atoms with Gasteiger partial charge in [0.05, 0.1) is 11.3 Å². The van der Waals surface area contributed by atoms with Crippen molar-refractivity contribution in [1.29, 1.82) is 0 Å². The summed E-state index contributed by atoms with van der Waals surface area (Å²) >= 11 is 0. The van der Waals surface area contributed by atoms with Gasteiger partial charge in [0.2, 0.25) is 0 Å². The van der Waals surface area contributed by atoms with Gasteiger partial charge in [-0.2, -0.15) is 13.2 Å². The number of imide groups is 1. The average molecular weight is 578 g/mol. The van der Waals surface area contributed by atoms with Crippen molar-refractivity contribution in [2.75, 3.05) is 10.2 Å². The zero-order valence-corrected chi connectivity index (χ0v) is 22.7. The van der Waals surface area contributed by atoms with Crippen LogP contribution >= 0.6 is 0 Å². The molecule has 0 spiro atoms. The normalized spacial score (nSPS) is 13.3. The summed E-state index contributed by atoms with van der Waals surface area (Å²) in [4.78, 5) is 41.4. The number of carbonyl (C=O) groups excluding carboxylic acids is 3. The van der Waals surface area contributed by atoms with Crippen LogP contribution in [0.4, 0.5) is 24.5 Å². The molecule has 9 heteroatoms. The Kier molecular flexibility index (Phi) is 5.88. The van der Waals surface area contributed by atoms with Crippen molar-refractivity contribution in [3.05, 3.63) is 119 Å². The number of anilines is 2. The molecule has 5 aromatic carbocycles. The second-order valence-corrected chi connectivity index (χ2v) is 10.3. The van der Waals surface area contributed by atoms with E-state index in [4.69, 9.17) is 0 Å². The molecule has 1 aromatic heterocycles. The van der Waals surface area contributed by atoms with Gasteiger partial charge in [-0.3, -0.25) is 14.4 Å². The first-order chi connectivity index (χ1) is 20.7. The quantitative estimate of drug-likeness (QED) is 0.216. The van der Waals surface area contributed by atoms with Gasteiger partial charge in [-0.15, -0.1) is 0 Å². The molecule has 0 saturated heterocycles. The maximum atomic E-state index is 13.6. The fourth-order valence-electron chi connectivity index (χ4n) is 6.02. The summed E-state index contributed by atoms with van der Waals surface area (Å²) < 4.78 is 42.3. The van der Waals surface area contributed by atoms with Gasteiger partial charge in [-0.1, -0.05) is 36.4 Å². The Balaban J connectivity index is 1.27.